The van der Waals surface area contributed by atoms with E-state index in [4.69, 9.17) is 0 Å². The standard InChI is InChI=1S/C10H10NO2/c12-7-6-11(9-13)8-10-4-2-1-3-5-10/h1-5,7H,6,8H2. The number of benzene rings is 1. The fourth-order valence-electron chi connectivity index (χ4n) is 1.03. The topological polar surface area (TPSA) is 37.4 Å². The lowest BCUT2D eigenvalue weighted by atomic mass is 10.2. The fraction of sp³-hybridized carbons (Fsp3) is 0.200. The summed E-state index contributed by atoms with van der Waals surface area (Å²) in [6.07, 6.45) is 2.39. The summed E-state index contributed by atoms with van der Waals surface area (Å²) in [5, 5.41) is 0. The Labute approximate surface area is 77.0 Å². The maximum absolute atomic E-state index is 10.3. The molecule has 0 N–H and O–H groups in total. The van der Waals surface area contributed by atoms with Crippen LogP contribution in [0.1, 0.15) is 5.56 Å². The third-order valence-corrected chi connectivity index (χ3v) is 1.64. The molecule has 0 atom stereocenters. The van der Waals surface area contributed by atoms with Gasteiger partial charge in [-0.3, -0.25) is 4.79 Å². The average Bonchev–Trinajstić information content (AvgIpc) is 2.19. The van der Waals surface area contributed by atoms with Gasteiger partial charge < -0.3 is 9.69 Å². The highest BCUT2D eigenvalue weighted by Crippen LogP contribution is 2.01. The van der Waals surface area contributed by atoms with Gasteiger partial charge in [0.25, 0.3) is 0 Å². The van der Waals surface area contributed by atoms with Gasteiger partial charge in [-0.2, -0.15) is 0 Å². The van der Waals surface area contributed by atoms with Crippen LogP contribution < -0.4 is 0 Å². The van der Waals surface area contributed by atoms with E-state index in [0.717, 1.165) is 5.56 Å². The highest BCUT2D eigenvalue weighted by Gasteiger charge is 2.01. The van der Waals surface area contributed by atoms with E-state index >= 15 is 0 Å². The van der Waals surface area contributed by atoms with Crippen LogP contribution in [0.5, 0.6) is 0 Å². The molecule has 0 spiro atoms. The van der Waals surface area contributed by atoms with Crippen molar-refractivity contribution in [1.82, 2.24) is 4.90 Å². The van der Waals surface area contributed by atoms with E-state index in [9.17, 15) is 9.59 Å². The molecule has 1 radical (unpaired) electrons. The Bertz CT molecular complexity index is 272. The number of rotatable bonds is 5. The quantitative estimate of drug-likeness (QED) is 0.490. The van der Waals surface area contributed by atoms with Crippen molar-refractivity contribution in [2.75, 3.05) is 6.54 Å². The number of amides is 1. The Morgan fingerprint density at radius 3 is 2.54 bits per heavy atom. The Morgan fingerprint density at radius 2 is 2.00 bits per heavy atom. The van der Waals surface area contributed by atoms with Gasteiger partial charge in [-0.15, -0.1) is 0 Å². The van der Waals surface area contributed by atoms with Gasteiger partial charge in [-0.1, -0.05) is 30.3 Å². The van der Waals surface area contributed by atoms with E-state index in [0.29, 0.717) is 12.8 Å². The minimum atomic E-state index is 0.0956. The molecule has 0 saturated carbocycles. The van der Waals surface area contributed by atoms with E-state index in [-0.39, 0.29) is 6.54 Å². The fourth-order valence-corrected chi connectivity index (χ4v) is 1.03. The minimum Gasteiger partial charge on any atom is -0.323 e. The molecule has 0 bridgehead atoms. The van der Waals surface area contributed by atoms with Gasteiger partial charge in [0.1, 0.15) is 6.29 Å². The molecule has 0 aliphatic carbocycles. The van der Waals surface area contributed by atoms with Crippen molar-refractivity contribution in [2.45, 2.75) is 6.54 Å². The number of aldehydes is 1. The monoisotopic (exact) mass is 176 g/mol. The lowest BCUT2D eigenvalue weighted by molar-refractivity contribution is -0.108. The van der Waals surface area contributed by atoms with Crippen molar-refractivity contribution in [1.29, 1.82) is 0 Å². The van der Waals surface area contributed by atoms with Gasteiger partial charge in [-0.05, 0) is 5.56 Å². The molecule has 1 aromatic carbocycles. The van der Waals surface area contributed by atoms with Crippen LogP contribution in [0.2, 0.25) is 0 Å². The summed E-state index contributed by atoms with van der Waals surface area (Å²) in [4.78, 5) is 21.8. The summed E-state index contributed by atoms with van der Waals surface area (Å²) >= 11 is 0. The van der Waals surface area contributed by atoms with E-state index < -0.39 is 0 Å². The molecule has 0 unspecified atom stereocenters. The number of nitrogens with zero attached hydrogens (tertiary/aromatic N) is 1. The molecule has 0 aromatic heterocycles. The minimum absolute atomic E-state index is 0.0956. The second-order valence-electron chi connectivity index (χ2n) is 2.62. The Balaban J connectivity index is 2.56. The summed E-state index contributed by atoms with van der Waals surface area (Å²) < 4.78 is 0. The first-order valence-electron chi connectivity index (χ1n) is 3.97. The largest absolute Gasteiger partial charge is 0.323 e. The van der Waals surface area contributed by atoms with Gasteiger partial charge in [0.2, 0.25) is 0 Å². The molecular formula is C10H10NO2. The Hall–Kier alpha value is -1.64. The molecule has 13 heavy (non-hydrogen) atoms. The SMILES string of the molecule is O=[C]N(CC=O)Cc1ccccc1. The first-order valence-corrected chi connectivity index (χ1v) is 3.97. The van der Waals surface area contributed by atoms with Crippen molar-refractivity contribution in [3.8, 4) is 0 Å². The van der Waals surface area contributed by atoms with E-state index in [2.05, 4.69) is 0 Å². The van der Waals surface area contributed by atoms with Crippen molar-refractivity contribution in [3.63, 3.8) is 0 Å². The summed E-state index contributed by atoms with van der Waals surface area (Å²) in [6.45, 7) is 0.529. The normalized spacial score (nSPS) is 9.23. The molecule has 3 nitrogen and oxygen atoms in total. The van der Waals surface area contributed by atoms with Crippen LogP contribution in [-0.2, 0) is 16.1 Å². The first-order chi connectivity index (χ1) is 6.36. The Morgan fingerprint density at radius 1 is 1.31 bits per heavy atom. The number of hydrogen-bond donors (Lipinski definition) is 0. The summed E-state index contributed by atoms with van der Waals surface area (Å²) in [5.41, 5.74) is 0.993. The molecular weight excluding hydrogens is 166 g/mol. The lowest BCUT2D eigenvalue weighted by Gasteiger charge is -2.11. The van der Waals surface area contributed by atoms with Crippen molar-refractivity contribution >= 4 is 12.7 Å². The van der Waals surface area contributed by atoms with Crippen LogP contribution in [0.4, 0.5) is 0 Å². The van der Waals surface area contributed by atoms with Gasteiger partial charge in [0.05, 0.1) is 6.54 Å². The first kappa shape index (κ1) is 9.45. The van der Waals surface area contributed by atoms with Crippen molar-refractivity contribution < 1.29 is 9.59 Å². The van der Waals surface area contributed by atoms with Crippen LogP contribution in [0.15, 0.2) is 30.3 Å². The molecule has 67 valence electrons. The third-order valence-electron chi connectivity index (χ3n) is 1.64. The molecule has 1 rings (SSSR count). The molecule has 0 aliphatic rings. The van der Waals surface area contributed by atoms with E-state index in [1.807, 2.05) is 30.3 Å². The predicted molar refractivity (Wildman–Crippen MR) is 48.6 cm³/mol. The van der Waals surface area contributed by atoms with Crippen molar-refractivity contribution in [2.24, 2.45) is 0 Å². The summed E-state index contributed by atoms with van der Waals surface area (Å²) in [5.74, 6) is 0. The molecule has 0 saturated heterocycles. The van der Waals surface area contributed by atoms with Gasteiger partial charge in [0, 0.05) is 6.54 Å². The maximum Gasteiger partial charge on any atom is 0.312 e. The smallest absolute Gasteiger partial charge is 0.312 e. The molecule has 0 aliphatic heterocycles. The van der Waals surface area contributed by atoms with Crippen LogP contribution in [0, 0.1) is 0 Å². The van der Waals surface area contributed by atoms with Crippen LogP contribution in [0.25, 0.3) is 0 Å². The molecule has 0 fully saturated rings. The van der Waals surface area contributed by atoms with Crippen molar-refractivity contribution in [3.05, 3.63) is 35.9 Å². The second-order valence-corrected chi connectivity index (χ2v) is 2.62. The van der Waals surface area contributed by atoms with Crippen LogP contribution in [-0.4, -0.2) is 24.1 Å². The lowest BCUT2D eigenvalue weighted by Crippen LogP contribution is -2.23. The zero-order valence-corrected chi connectivity index (χ0v) is 7.14. The molecule has 3 heteroatoms. The van der Waals surface area contributed by atoms with E-state index in [1.54, 1.807) is 6.41 Å². The van der Waals surface area contributed by atoms with Gasteiger partial charge in [-0.25, -0.2) is 0 Å². The molecule has 0 heterocycles. The maximum atomic E-state index is 10.3. The van der Waals surface area contributed by atoms with Gasteiger partial charge in [0.15, 0.2) is 0 Å². The highest BCUT2D eigenvalue weighted by atomic mass is 16.1. The summed E-state index contributed by atoms with van der Waals surface area (Å²) in [6, 6.07) is 9.47. The average molecular weight is 176 g/mol. The molecule has 1 amide bonds. The molecule has 1 aromatic rings. The zero-order valence-electron chi connectivity index (χ0n) is 7.14. The highest BCUT2D eigenvalue weighted by molar-refractivity contribution is 5.59. The van der Waals surface area contributed by atoms with Crippen LogP contribution in [0.3, 0.4) is 0 Å². The van der Waals surface area contributed by atoms with Crippen LogP contribution >= 0.6 is 0 Å². The predicted octanol–water partition coefficient (Wildman–Crippen LogP) is 0.755. The number of carbonyl (C=O) groups is 1. The third kappa shape index (κ3) is 3.07. The van der Waals surface area contributed by atoms with E-state index in [1.165, 1.54) is 4.90 Å². The second kappa shape index (κ2) is 5.09. The Kier molecular flexibility index (Phi) is 3.70. The number of hydrogen-bond acceptors (Lipinski definition) is 2. The number of carbonyl (C=O) groups excluding carboxylic acids is 2. The summed E-state index contributed by atoms with van der Waals surface area (Å²) in [7, 11) is 0. The zero-order chi connectivity index (χ0) is 9.52. The van der Waals surface area contributed by atoms with Gasteiger partial charge >= 0.3 is 6.41 Å².